The maximum Gasteiger partial charge on any atom is 0.258 e. The minimum Gasteiger partial charge on any atom is -0.497 e. The van der Waals surface area contributed by atoms with E-state index in [0.29, 0.717) is 32.9 Å². The Morgan fingerprint density at radius 1 is 1.16 bits per heavy atom. The fourth-order valence-corrected chi connectivity index (χ4v) is 3.21. The summed E-state index contributed by atoms with van der Waals surface area (Å²) in [5.41, 5.74) is 1.88. The normalized spacial score (nSPS) is 10.4. The predicted octanol–water partition coefficient (Wildman–Crippen LogP) is 4.73. The lowest BCUT2D eigenvalue weighted by atomic mass is 10.1. The van der Waals surface area contributed by atoms with Gasteiger partial charge in [0.2, 0.25) is 0 Å². The molecule has 0 saturated carbocycles. The lowest BCUT2D eigenvalue weighted by Crippen LogP contribution is -2.12. The fraction of sp³-hybridized carbons (Fsp3) is 0.111. The number of hydrogen-bond acceptors (Lipinski definition) is 5. The Morgan fingerprint density at radius 2 is 1.96 bits per heavy atom. The number of nitrogens with one attached hydrogen (secondary N) is 1. The van der Waals surface area contributed by atoms with E-state index in [4.69, 9.17) is 21.1 Å². The molecule has 1 amide bonds. The number of benzene rings is 2. The van der Waals surface area contributed by atoms with E-state index in [1.54, 1.807) is 38.5 Å². The van der Waals surface area contributed by atoms with Gasteiger partial charge >= 0.3 is 0 Å². The number of amides is 1. The third kappa shape index (κ3) is 3.75. The van der Waals surface area contributed by atoms with Gasteiger partial charge in [-0.15, -0.1) is 11.3 Å². The van der Waals surface area contributed by atoms with Crippen LogP contribution in [-0.4, -0.2) is 25.1 Å². The van der Waals surface area contributed by atoms with Crippen molar-refractivity contribution in [1.82, 2.24) is 4.98 Å². The summed E-state index contributed by atoms with van der Waals surface area (Å²) >= 11 is 7.37. The van der Waals surface area contributed by atoms with Gasteiger partial charge in [0.05, 0.1) is 30.5 Å². The van der Waals surface area contributed by atoms with Crippen LogP contribution in [0.2, 0.25) is 5.02 Å². The molecule has 0 radical (unpaired) electrons. The Morgan fingerprint density at radius 3 is 2.68 bits per heavy atom. The molecule has 1 heterocycles. The number of ether oxygens (including phenoxy) is 2. The third-order valence-electron chi connectivity index (χ3n) is 3.53. The van der Waals surface area contributed by atoms with Gasteiger partial charge in [0.25, 0.3) is 5.91 Å². The number of methoxy groups -OCH3 is 2. The molecule has 25 heavy (non-hydrogen) atoms. The highest BCUT2D eigenvalue weighted by atomic mass is 35.5. The second-order valence-corrected chi connectivity index (χ2v) is 6.30. The van der Waals surface area contributed by atoms with Crippen molar-refractivity contribution in [2.24, 2.45) is 0 Å². The number of anilines is 1. The van der Waals surface area contributed by atoms with E-state index in [-0.39, 0.29) is 5.91 Å². The largest absolute Gasteiger partial charge is 0.497 e. The first kappa shape index (κ1) is 17.3. The van der Waals surface area contributed by atoms with E-state index >= 15 is 0 Å². The zero-order chi connectivity index (χ0) is 17.8. The summed E-state index contributed by atoms with van der Waals surface area (Å²) in [6.07, 6.45) is 0. The first-order valence-electron chi connectivity index (χ1n) is 7.36. The maximum atomic E-state index is 12.3. The van der Waals surface area contributed by atoms with E-state index in [9.17, 15) is 4.79 Å². The van der Waals surface area contributed by atoms with Gasteiger partial charge in [0.1, 0.15) is 11.5 Å². The summed E-state index contributed by atoms with van der Waals surface area (Å²) in [6.45, 7) is 0. The molecule has 3 aromatic rings. The van der Waals surface area contributed by atoms with Gasteiger partial charge in [-0.05, 0) is 30.3 Å². The summed E-state index contributed by atoms with van der Waals surface area (Å²) in [5.74, 6) is 1.07. The summed E-state index contributed by atoms with van der Waals surface area (Å²) < 4.78 is 10.6. The molecule has 3 rings (SSSR count). The van der Waals surface area contributed by atoms with Crippen LogP contribution >= 0.6 is 22.9 Å². The minimum absolute atomic E-state index is 0.302. The van der Waals surface area contributed by atoms with Gasteiger partial charge in [-0.1, -0.05) is 23.7 Å². The zero-order valence-corrected chi connectivity index (χ0v) is 15.1. The smallest absolute Gasteiger partial charge is 0.258 e. The van der Waals surface area contributed by atoms with Crippen LogP contribution in [0.15, 0.2) is 47.8 Å². The molecule has 2 aromatic carbocycles. The molecule has 0 saturated heterocycles. The van der Waals surface area contributed by atoms with Gasteiger partial charge in [-0.2, -0.15) is 0 Å². The number of aromatic nitrogens is 1. The van der Waals surface area contributed by atoms with Crippen LogP contribution in [-0.2, 0) is 0 Å². The molecule has 0 spiro atoms. The molecule has 0 aliphatic heterocycles. The van der Waals surface area contributed by atoms with Crippen LogP contribution in [0, 0.1) is 0 Å². The highest BCUT2D eigenvalue weighted by molar-refractivity contribution is 7.14. The SMILES string of the molecule is COc1ccc(OC)c(-c2csc(NC(=O)c3ccccc3Cl)n2)c1. The Balaban J connectivity index is 1.86. The molecule has 0 aliphatic carbocycles. The predicted molar refractivity (Wildman–Crippen MR) is 100 cm³/mol. The Labute approximate surface area is 154 Å². The monoisotopic (exact) mass is 374 g/mol. The van der Waals surface area contributed by atoms with Crippen molar-refractivity contribution in [3.63, 3.8) is 0 Å². The van der Waals surface area contributed by atoms with E-state index < -0.39 is 0 Å². The van der Waals surface area contributed by atoms with Crippen molar-refractivity contribution >= 4 is 34.0 Å². The second-order valence-electron chi connectivity index (χ2n) is 5.04. The number of hydrogen-bond donors (Lipinski definition) is 1. The highest BCUT2D eigenvalue weighted by Crippen LogP contribution is 2.35. The topological polar surface area (TPSA) is 60.5 Å². The van der Waals surface area contributed by atoms with Gasteiger partial charge in [0, 0.05) is 10.9 Å². The van der Waals surface area contributed by atoms with Crippen molar-refractivity contribution in [2.45, 2.75) is 0 Å². The number of carbonyl (C=O) groups excluding carboxylic acids is 1. The first-order chi connectivity index (χ1) is 12.1. The minimum atomic E-state index is -0.302. The van der Waals surface area contributed by atoms with Crippen molar-refractivity contribution in [2.75, 3.05) is 19.5 Å². The summed E-state index contributed by atoms with van der Waals surface area (Å²) in [4.78, 5) is 16.8. The van der Waals surface area contributed by atoms with Gasteiger partial charge in [-0.3, -0.25) is 10.1 Å². The fourth-order valence-electron chi connectivity index (χ4n) is 2.28. The highest BCUT2D eigenvalue weighted by Gasteiger charge is 2.15. The molecular weight excluding hydrogens is 360 g/mol. The maximum absolute atomic E-state index is 12.3. The Kier molecular flexibility index (Phi) is 5.21. The van der Waals surface area contributed by atoms with Crippen LogP contribution in [0.3, 0.4) is 0 Å². The van der Waals surface area contributed by atoms with Crippen molar-refractivity contribution in [3.8, 4) is 22.8 Å². The number of halogens is 1. The quantitative estimate of drug-likeness (QED) is 0.701. The van der Waals surface area contributed by atoms with E-state index in [1.165, 1.54) is 11.3 Å². The van der Waals surface area contributed by atoms with Crippen molar-refractivity contribution in [1.29, 1.82) is 0 Å². The average Bonchev–Trinajstić information content (AvgIpc) is 3.09. The standard InChI is InChI=1S/C18H15ClN2O3S/c1-23-11-7-8-16(24-2)13(9-11)15-10-25-18(20-15)21-17(22)12-5-3-4-6-14(12)19/h3-10H,1-2H3,(H,20,21,22). The molecular formula is C18H15ClN2O3S. The molecule has 0 aliphatic rings. The molecule has 1 aromatic heterocycles. The molecule has 5 nitrogen and oxygen atoms in total. The van der Waals surface area contributed by atoms with Gasteiger partial charge < -0.3 is 9.47 Å². The van der Waals surface area contributed by atoms with E-state index in [0.717, 1.165) is 5.56 Å². The molecule has 1 N–H and O–H groups in total. The van der Waals surface area contributed by atoms with Crippen LogP contribution in [0.1, 0.15) is 10.4 Å². The van der Waals surface area contributed by atoms with Crippen LogP contribution in [0.4, 0.5) is 5.13 Å². The summed E-state index contributed by atoms with van der Waals surface area (Å²) in [6, 6.07) is 12.3. The molecule has 0 unspecified atom stereocenters. The second kappa shape index (κ2) is 7.55. The molecule has 0 atom stereocenters. The van der Waals surface area contributed by atoms with Crippen molar-refractivity contribution in [3.05, 3.63) is 58.4 Å². The molecule has 128 valence electrons. The molecule has 7 heteroatoms. The lowest BCUT2D eigenvalue weighted by molar-refractivity contribution is 0.102. The zero-order valence-electron chi connectivity index (χ0n) is 13.6. The Bertz CT molecular complexity index is 911. The van der Waals surface area contributed by atoms with Gasteiger partial charge in [0.15, 0.2) is 5.13 Å². The number of rotatable bonds is 5. The summed E-state index contributed by atoms with van der Waals surface area (Å²) in [7, 11) is 3.19. The van der Waals surface area contributed by atoms with E-state index in [1.807, 2.05) is 23.6 Å². The van der Waals surface area contributed by atoms with E-state index in [2.05, 4.69) is 10.3 Å². The summed E-state index contributed by atoms with van der Waals surface area (Å²) in [5, 5.41) is 5.49. The molecule has 0 bridgehead atoms. The third-order valence-corrected chi connectivity index (χ3v) is 4.61. The van der Waals surface area contributed by atoms with Crippen LogP contribution in [0.5, 0.6) is 11.5 Å². The Hall–Kier alpha value is -2.57. The molecule has 0 fully saturated rings. The number of nitrogens with zero attached hydrogens (tertiary/aromatic N) is 1. The average molecular weight is 375 g/mol. The number of thiazole rings is 1. The van der Waals surface area contributed by atoms with Crippen LogP contribution in [0.25, 0.3) is 11.3 Å². The lowest BCUT2D eigenvalue weighted by Gasteiger charge is -2.08. The van der Waals surface area contributed by atoms with Gasteiger partial charge in [-0.25, -0.2) is 4.98 Å². The number of carbonyl (C=O) groups is 1. The van der Waals surface area contributed by atoms with Crippen LogP contribution < -0.4 is 14.8 Å². The first-order valence-corrected chi connectivity index (χ1v) is 8.62. The van der Waals surface area contributed by atoms with Crippen molar-refractivity contribution < 1.29 is 14.3 Å².